The number of hydrogen-bond acceptors (Lipinski definition) is 6. The minimum Gasteiger partial charge on any atom is -0.465 e. The van der Waals surface area contributed by atoms with E-state index in [1.54, 1.807) is 11.3 Å². The van der Waals surface area contributed by atoms with Gasteiger partial charge in [-0.2, -0.15) is 16.3 Å². The van der Waals surface area contributed by atoms with Crippen LogP contribution in [0.2, 0.25) is 0 Å². The minimum absolute atomic E-state index is 0.236. The van der Waals surface area contributed by atoms with Crippen LogP contribution >= 0.6 is 11.3 Å². The quantitative estimate of drug-likeness (QED) is 0.809. The van der Waals surface area contributed by atoms with Crippen LogP contribution in [0.25, 0.3) is 11.4 Å². The van der Waals surface area contributed by atoms with E-state index in [4.69, 9.17) is 9.26 Å². The lowest BCUT2D eigenvalue weighted by Gasteiger charge is -2.21. The van der Waals surface area contributed by atoms with Crippen LogP contribution in [0.5, 0.6) is 0 Å². The van der Waals surface area contributed by atoms with E-state index in [0.717, 1.165) is 36.8 Å². The first kappa shape index (κ1) is 14.3. The lowest BCUT2D eigenvalue weighted by atomic mass is 9.86. The number of carbonyl (C=O) groups excluding carboxylic acids is 1. The summed E-state index contributed by atoms with van der Waals surface area (Å²) in [6, 6.07) is 0. The highest BCUT2D eigenvalue weighted by Crippen LogP contribution is 2.42. The molecule has 2 aromatic rings. The molecular weight excluding hydrogens is 288 g/mol. The summed E-state index contributed by atoms with van der Waals surface area (Å²) in [6.45, 7) is 4.19. The van der Waals surface area contributed by atoms with E-state index in [2.05, 4.69) is 10.1 Å². The van der Waals surface area contributed by atoms with Gasteiger partial charge in [0.2, 0.25) is 11.7 Å². The third-order valence-electron chi connectivity index (χ3n) is 4.06. The van der Waals surface area contributed by atoms with Crippen molar-refractivity contribution in [3.8, 4) is 11.4 Å². The third-order valence-corrected chi connectivity index (χ3v) is 4.92. The maximum absolute atomic E-state index is 12.4. The molecule has 3 rings (SSSR count). The van der Waals surface area contributed by atoms with Gasteiger partial charge in [0.05, 0.1) is 6.61 Å². The van der Waals surface area contributed by atoms with Crippen LogP contribution in [0.3, 0.4) is 0 Å². The normalized spacial score (nSPS) is 17.0. The molecule has 0 aliphatic heterocycles. The summed E-state index contributed by atoms with van der Waals surface area (Å²) in [4.78, 5) is 16.9. The number of ether oxygens (including phenoxy) is 1. The Kier molecular flexibility index (Phi) is 3.80. The molecule has 0 bridgehead atoms. The highest BCUT2D eigenvalue weighted by molar-refractivity contribution is 7.08. The molecule has 0 aromatic carbocycles. The van der Waals surface area contributed by atoms with Gasteiger partial charge in [-0.3, -0.25) is 4.79 Å². The summed E-state index contributed by atoms with van der Waals surface area (Å²) in [5.41, 5.74) is 1.33. The molecule has 2 aromatic heterocycles. The number of nitrogens with zero attached hydrogens (tertiary/aromatic N) is 2. The second kappa shape index (κ2) is 5.60. The van der Waals surface area contributed by atoms with E-state index in [9.17, 15) is 4.79 Å². The number of esters is 1. The van der Waals surface area contributed by atoms with Crippen molar-refractivity contribution in [1.29, 1.82) is 0 Å². The van der Waals surface area contributed by atoms with Gasteiger partial charge in [0.25, 0.3) is 0 Å². The average Bonchev–Trinajstić information content (AvgIpc) is 3.18. The van der Waals surface area contributed by atoms with Gasteiger partial charge in [-0.25, -0.2) is 0 Å². The molecular formula is C15H18N2O3S. The monoisotopic (exact) mass is 306 g/mol. The predicted octanol–water partition coefficient (Wildman–Crippen LogP) is 3.48. The Morgan fingerprint density at radius 3 is 2.81 bits per heavy atom. The Bertz CT molecular complexity index is 641. The number of hydrogen-bond donors (Lipinski definition) is 0. The summed E-state index contributed by atoms with van der Waals surface area (Å²) in [6.07, 6.45) is 3.40. The summed E-state index contributed by atoms with van der Waals surface area (Å²) in [5, 5.41) is 8.10. The zero-order chi connectivity index (χ0) is 14.9. The zero-order valence-corrected chi connectivity index (χ0v) is 13.0. The molecule has 5 nitrogen and oxygen atoms in total. The smallest absolute Gasteiger partial charge is 0.321 e. The fourth-order valence-corrected chi connectivity index (χ4v) is 3.70. The van der Waals surface area contributed by atoms with E-state index in [0.29, 0.717) is 18.3 Å². The van der Waals surface area contributed by atoms with Gasteiger partial charge < -0.3 is 9.26 Å². The molecule has 112 valence electrons. The van der Waals surface area contributed by atoms with Gasteiger partial charge in [-0.05, 0) is 37.6 Å². The zero-order valence-electron chi connectivity index (χ0n) is 12.2. The summed E-state index contributed by atoms with van der Waals surface area (Å²) >= 11 is 1.60. The first-order valence-electron chi connectivity index (χ1n) is 7.22. The molecule has 0 atom stereocenters. The second-order valence-corrected chi connectivity index (χ2v) is 6.14. The summed E-state index contributed by atoms with van der Waals surface area (Å²) in [7, 11) is 0. The molecule has 0 saturated heterocycles. The Hall–Kier alpha value is -1.69. The van der Waals surface area contributed by atoms with Gasteiger partial charge in [0, 0.05) is 10.9 Å². The molecule has 0 unspecified atom stereocenters. The molecule has 1 aliphatic rings. The van der Waals surface area contributed by atoms with E-state index < -0.39 is 5.41 Å². The molecule has 1 fully saturated rings. The third kappa shape index (κ3) is 2.37. The fraction of sp³-hybridized carbons (Fsp3) is 0.533. The van der Waals surface area contributed by atoms with Crippen molar-refractivity contribution in [2.45, 2.75) is 44.9 Å². The molecule has 1 aliphatic carbocycles. The Morgan fingerprint density at radius 1 is 1.43 bits per heavy atom. The number of thiophene rings is 1. The summed E-state index contributed by atoms with van der Waals surface area (Å²) in [5.74, 6) is 0.720. The van der Waals surface area contributed by atoms with Crippen LogP contribution in [0.15, 0.2) is 15.3 Å². The molecule has 0 N–H and O–H groups in total. The Morgan fingerprint density at radius 2 is 2.19 bits per heavy atom. The van der Waals surface area contributed by atoms with E-state index in [1.165, 1.54) is 0 Å². The standard InChI is InChI=1S/C15H18N2O3S/c1-3-19-14(18)15(6-4-5-7-15)13-16-12(17-20-13)11-9-21-8-10(11)2/h8-9H,3-7H2,1-2H3. The minimum atomic E-state index is -0.745. The number of carbonyl (C=O) groups is 1. The molecule has 2 heterocycles. The van der Waals surface area contributed by atoms with Crippen molar-refractivity contribution in [3.05, 3.63) is 22.2 Å². The molecule has 6 heteroatoms. The summed E-state index contributed by atoms with van der Waals surface area (Å²) < 4.78 is 10.7. The maximum atomic E-state index is 12.4. The van der Waals surface area contributed by atoms with Crippen molar-refractivity contribution in [3.63, 3.8) is 0 Å². The lowest BCUT2D eigenvalue weighted by Crippen LogP contribution is -2.35. The van der Waals surface area contributed by atoms with Crippen molar-refractivity contribution in [2.75, 3.05) is 6.61 Å². The van der Waals surface area contributed by atoms with Crippen LogP contribution in [-0.2, 0) is 14.9 Å². The Labute approximate surface area is 127 Å². The lowest BCUT2D eigenvalue weighted by molar-refractivity contribution is -0.151. The highest BCUT2D eigenvalue weighted by Gasteiger charge is 2.49. The van der Waals surface area contributed by atoms with Gasteiger partial charge in [-0.1, -0.05) is 18.0 Å². The van der Waals surface area contributed by atoms with Crippen molar-refractivity contribution >= 4 is 17.3 Å². The van der Waals surface area contributed by atoms with Gasteiger partial charge >= 0.3 is 5.97 Å². The molecule has 0 amide bonds. The van der Waals surface area contributed by atoms with E-state index >= 15 is 0 Å². The van der Waals surface area contributed by atoms with Gasteiger partial charge in [-0.15, -0.1) is 0 Å². The first-order chi connectivity index (χ1) is 10.2. The second-order valence-electron chi connectivity index (χ2n) is 5.40. The molecule has 0 spiro atoms. The van der Waals surface area contributed by atoms with Gasteiger partial charge in [0.1, 0.15) is 5.41 Å². The highest BCUT2D eigenvalue weighted by atomic mass is 32.1. The number of rotatable bonds is 4. The molecule has 0 radical (unpaired) electrons. The molecule has 1 saturated carbocycles. The molecule has 21 heavy (non-hydrogen) atoms. The van der Waals surface area contributed by atoms with Gasteiger partial charge in [0.15, 0.2) is 0 Å². The van der Waals surface area contributed by atoms with Crippen LogP contribution < -0.4 is 0 Å². The van der Waals surface area contributed by atoms with E-state index in [1.807, 2.05) is 24.6 Å². The fourth-order valence-electron chi connectivity index (χ4n) is 2.87. The van der Waals surface area contributed by atoms with Crippen LogP contribution in [0.1, 0.15) is 44.1 Å². The maximum Gasteiger partial charge on any atom is 0.321 e. The van der Waals surface area contributed by atoms with Crippen LogP contribution in [-0.4, -0.2) is 22.7 Å². The van der Waals surface area contributed by atoms with Crippen LogP contribution in [0.4, 0.5) is 0 Å². The predicted molar refractivity (Wildman–Crippen MR) is 79.1 cm³/mol. The number of aromatic nitrogens is 2. The largest absolute Gasteiger partial charge is 0.465 e. The average molecular weight is 306 g/mol. The SMILES string of the molecule is CCOC(=O)C1(c2nc(-c3cscc3C)no2)CCCC1. The van der Waals surface area contributed by atoms with Crippen molar-refractivity contribution < 1.29 is 14.1 Å². The van der Waals surface area contributed by atoms with Crippen molar-refractivity contribution in [1.82, 2.24) is 10.1 Å². The topological polar surface area (TPSA) is 65.2 Å². The number of aryl methyl sites for hydroxylation is 1. The van der Waals surface area contributed by atoms with Crippen molar-refractivity contribution in [2.24, 2.45) is 0 Å². The Balaban J connectivity index is 1.96. The first-order valence-corrected chi connectivity index (χ1v) is 8.16. The van der Waals surface area contributed by atoms with E-state index in [-0.39, 0.29) is 5.97 Å². The van der Waals surface area contributed by atoms with Crippen LogP contribution in [0, 0.1) is 6.92 Å².